The van der Waals surface area contributed by atoms with Gasteiger partial charge in [0.05, 0.1) is 5.69 Å². The van der Waals surface area contributed by atoms with Gasteiger partial charge >= 0.3 is 0 Å². The summed E-state index contributed by atoms with van der Waals surface area (Å²) in [5.74, 6) is -1.08. The van der Waals surface area contributed by atoms with E-state index in [1.807, 2.05) is 60.8 Å². The minimum absolute atomic E-state index is 0.0681. The zero-order chi connectivity index (χ0) is 30.0. The molecule has 0 fully saturated rings. The van der Waals surface area contributed by atoms with E-state index in [0.29, 0.717) is 21.9 Å². The summed E-state index contributed by atoms with van der Waals surface area (Å²) in [7, 11) is 0. The summed E-state index contributed by atoms with van der Waals surface area (Å²) in [6.07, 6.45) is 4.80. The number of aromatic nitrogens is 2. The third kappa shape index (κ3) is 8.25. The van der Waals surface area contributed by atoms with E-state index in [1.54, 1.807) is 67.0 Å². The normalized spacial score (nSPS) is 11.8. The van der Waals surface area contributed by atoms with Crippen molar-refractivity contribution in [2.24, 2.45) is 0 Å². The highest BCUT2D eigenvalue weighted by atomic mass is 32.2. The van der Waals surface area contributed by atoms with Gasteiger partial charge in [0, 0.05) is 33.9 Å². The first kappa shape index (κ1) is 29.4. The molecule has 0 saturated carbocycles. The van der Waals surface area contributed by atoms with Crippen LogP contribution in [0.25, 0.3) is 6.08 Å². The number of carbonyl (C=O) groups is 3. The van der Waals surface area contributed by atoms with Crippen LogP contribution in [0.2, 0.25) is 0 Å². The van der Waals surface area contributed by atoms with Crippen molar-refractivity contribution in [3.05, 3.63) is 143 Å². The van der Waals surface area contributed by atoms with Gasteiger partial charge in [-0.2, -0.15) is 0 Å². The first-order valence-corrected chi connectivity index (χ1v) is 15.0. The highest BCUT2D eigenvalue weighted by Crippen LogP contribution is 2.37. The molecule has 3 amide bonds. The maximum Gasteiger partial charge on any atom is 0.272 e. The number of pyridine rings is 1. The summed E-state index contributed by atoms with van der Waals surface area (Å²) < 4.78 is 0. The molecule has 0 aliphatic rings. The largest absolute Gasteiger partial charge is 0.321 e. The quantitative estimate of drug-likeness (QED) is 0.120. The van der Waals surface area contributed by atoms with Gasteiger partial charge in [0.1, 0.15) is 10.9 Å². The molecule has 3 aromatic carbocycles. The lowest BCUT2D eigenvalue weighted by Gasteiger charge is -2.16. The molecular formula is C33H27N5O3S2. The van der Waals surface area contributed by atoms with Crippen LogP contribution in [0, 0.1) is 6.92 Å². The molecule has 0 saturated heterocycles. The SMILES string of the molecule is Cc1csc(NC(=O)C(Sc2ccc(NC(=O)/C(=C/c3cccnc3)NC(=O)c3ccccc3)cc2)c2ccccc2)n1. The van der Waals surface area contributed by atoms with Crippen molar-refractivity contribution >= 4 is 57.7 Å². The van der Waals surface area contributed by atoms with Crippen LogP contribution in [0.4, 0.5) is 10.8 Å². The van der Waals surface area contributed by atoms with Gasteiger partial charge in [-0.3, -0.25) is 19.4 Å². The monoisotopic (exact) mass is 605 g/mol. The molecule has 5 aromatic rings. The first-order valence-electron chi connectivity index (χ1n) is 13.3. The van der Waals surface area contributed by atoms with Crippen molar-refractivity contribution in [2.45, 2.75) is 17.1 Å². The van der Waals surface area contributed by atoms with Crippen molar-refractivity contribution in [2.75, 3.05) is 10.6 Å². The van der Waals surface area contributed by atoms with E-state index in [0.717, 1.165) is 16.2 Å². The third-order valence-corrected chi connectivity index (χ3v) is 8.22. The molecule has 8 nitrogen and oxygen atoms in total. The second-order valence-corrected chi connectivity index (χ2v) is 11.4. The predicted octanol–water partition coefficient (Wildman–Crippen LogP) is 6.73. The van der Waals surface area contributed by atoms with E-state index < -0.39 is 17.1 Å². The average Bonchev–Trinajstić information content (AvgIpc) is 3.45. The lowest BCUT2D eigenvalue weighted by atomic mass is 10.1. The third-order valence-electron chi connectivity index (χ3n) is 6.08. The second kappa shape index (κ2) is 14.2. The van der Waals surface area contributed by atoms with Crippen molar-refractivity contribution in [3.63, 3.8) is 0 Å². The molecule has 1 unspecified atom stereocenters. The summed E-state index contributed by atoms with van der Waals surface area (Å²) >= 11 is 2.78. The number of hydrogen-bond donors (Lipinski definition) is 3. The van der Waals surface area contributed by atoms with Gasteiger partial charge in [-0.1, -0.05) is 54.6 Å². The van der Waals surface area contributed by atoms with Gasteiger partial charge in [-0.15, -0.1) is 23.1 Å². The van der Waals surface area contributed by atoms with Crippen LogP contribution in [0.15, 0.2) is 125 Å². The fourth-order valence-corrected chi connectivity index (χ4v) is 5.72. The van der Waals surface area contributed by atoms with Crippen LogP contribution in [-0.2, 0) is 9.59 Å². The van der Waals surface area contributed by atoms with E-state index in [2.05, 4.69) is 25.9 Å². The first-order chi connectivity index (χ1) is 20.9. The van der Waals surface area contributed by atoms with Crippen LogP contribution in [0.1, 0.15) is 32.4 Å². The number of thiazole rings is 1. The Hall–Kier alpha value is -5.06. The topological polar surface area (TPSA) is 113 Å². The molecule has 10 heteroatoms. The van der Waals surface area contributed by atoms with E-state index in [-0.39, 0.29) is 11.6 Å². The number of nitrogens with zero attached hydrogens (tertiary/aromatic N) is 2. The fraction of sp³-hybridized carbons (Fsp3) is 0.0606. The highest BCUT2D eigenvalue weighted by molar-refractivity contribution is 8.00. The zero-order valence-corrected chi connectivity index (χ0v) is 24.7. The summed E-state index contributed by atoms with van der Waals surface area (Å²) in [6, 6.07) is 28.9. The highest BCUT2D eigenvalue weighted by Gasteiger charge is 2.23. The van der Waals surface area contributed by atoms with E-state index in [9.17, 15) is 14.4 Å². The van der Waals surface area contributed by atoms with Gasteiger partial charge in [0.2, 0.25) is 5.91 Å². The molecule has 43 heavy (non-hydrogen) atoms. The molecule has 0 aliphatic carbocycles. The predicted molar refractivity (Wildman–Crippen MR) is 172 cm³/mol. The Labute approximate surface area is 257 Å². The number of benzene rings is 3. The van der Waals surface area contributed by atoms with Crippen LogP contribution in [-0.4, -0.2) is 27.7 Å². The minimum atomic E-state index is -0.520. The molecule has 1 atom stereocenters. The van der Waals surface area contributed by atoms with Crippen LogP contribution >= 0.6 is 23.1 Å². The molecule has 0 aliphatic heterocycles. The summed E-state index contributed by atoms with van der Waals surface area (Å²) in [5.41, 5.74) is 3.38. The van der Waals surface area contributed by atoms with Crippen molar-refractivity contribution in [1.29, 1.82) is 0 Å². The number of anilines is 2. The molecule has 0 radical (unpaired) electrons. The second-order valence-electron chi connectivity index (χ2n) is 9.33. The average molecular weight is 606 g/mol. The molecule has 0 spiro atoms. The Morgan fingerprint density at radius 2 is 1.58 bits per heavy atom. The Bertz CT molecular complexity index is 1730. The van der Waals surface area contributed by atoms with Gasteiger partial charge < -0.3 is 16.0 Å². The Morgan fingerprint density at radius 3 is 2.23 bits per heavy atom. The number of thioether (sulfide) groups is 1. The molecule has 5 rings (SSSR count). The molecule has 3 N–H and O–H groups in total. The summed E-state index contributed by atoms with van der Waals surface area (Å²) in [5, 5.41) is 10.4. The molecule has 2 heterocycles. The number of carbonyl (C=O) groups excluding carboxylic acids is 3. The van der Waals surface area contributed by atoms with Crippen LogP contribution in [0.5, 0.6) is 0 Å². The zero-order valence-electron chi connectivity index (χ0n) is 23.1. The molecule has 214 valence electrons. The Balaban J connectivity index is 1.31. The summed E-state index contributed by atoms with van der Waals surface area (Å²) in [6.45, 7) is 1.88. The number of nitrogens with one attached hydrogen (secondary N) is 3. The van der Waals surface area contributed by atoms with E-state index in [1.165, 1.54) is 23.1 Å². The van der Waals surface area contributed by atoms with E-state index in [4.69, 9.17) is 0 Å². The Kier molecular flexibility index (Phi) is 9.73. The van der Waals surface area contributed by atoms with E-state index >= 15 is 0 Å². The van der Waals surface area contributed by atoms with Crippen LogP contribution < -0.4 is 16.0 Å². The standard InChI is InChI=1S/C33H27N5O3S2/c1-22-21-42-33(35-22)38-32(41)29(24-10-4-2-5-11-24)43-27-16-14-26(15-17-27)36-31(40)28(19-23-9-8-18-34-20-23)37-30(39)25-12-6-3-7-13-25/h2-21,29H,1H3,(H,36,40)(H,37,39)(H,35,38,41)/b28-19-. The maximum atomic E-state index is 13.3. The smallest absolute Gasteiger partial charge is 0.272 e. The molecular weight excluding hydrogens is 579 g/mol. The van der Waals surface area contributed by atoms with Crippen LogP contribution in [0.3, 0.4) is 0 Å². The molecule has 2 aromatic heterocycles. The maximum absolute atomic E-state index is 13.3. The fourth-order valence-electron chi connectivity index (χ4n) is 4.00. The number of rotatable bonds is 10. The van der Waals surface area contributed by atoms with Crippen molar-refractivity contribution in [3.8, 4) is 0 Å². The minimum Gasteiger partial charge on any atom is -0.321 e. The number of hydrogen-bond acceptors (Lipinski definition) is 7. The van der Waals surface area contributed by atoms with Gasteiger partial charge in [0.15, 0.2) is 5.13 Å². The number of amides is 3. The van der Waals surface area contributed by atoms with Crippen molar-refractivity contribution < 1.29 is 14.4 Å². The van der Waals surface area contributed by atoms with Gasteiger partial charge in [-0.05, 0) is 66.6 Å². The number of aryl methyl sites for hydroxylation is 1. The lowest BCUT2D eigenvalue weighted by molar-refractivity contribution is -0.116. The lowest BCUT2D eigenvalue weighted by Crippen LogP contribution is -2.30. The molecule has 0 bridgehead atoms. The van der Waals surface area contributed by atoms with Gasteiger partial charge in [-0.25, -0.2) is 4.98 Å². The van der Waals surface area contributed by atoms with Crippen molar-refractivity contribution in [1.82, 2.24) is 15.3 Å². The summed E-state index contributed by atoms with van der Waals surface area (Å²) in [4.78, 5) is 48.7. The van der Waals surface area contributed by atoms with Gasteiger partial charge in [0.25, 0.3) is 11.8 Å². The Morgan fingerprint density at radius 1 is 0.860 bits per heavy atom.